The number of likely N-dealkylation sites (tertiary alicyclic amines) is 3. The molecule has 4 heterocycles. The summed E-state index contributed by atoms with van der Waals surface area (Å²) in [6.45, 7) is 9.77. The number of carbonyl (C=O) groups excluding carboxylic acids is 1. The van der Waals surface area contributed by atoms with Crippen molar-refractivity contribution >= 4 is 5.91 Å². The van der Waals surface area contributed by atoms with E-state index in [0.29, 0.717) is 11.9 Å². The van der Waals surface area contributed by atoms with Crippen LogP contribution in [-0.2, 0) is 11.3 Å². The van der Waals surface area contributed by atoms with Crippen molar-refractivity contribution in [2.24, 2.45) is 11.8 Å². The Morgan fingerprint density at radius 3 is 2.43 bits per heavy atom. The van der Waals surface area contributed by atoms with Gasteiger partial charge in [0.2, 0.25) is 5.91 Å². The number of rotatable bonds is 4. The van der Waals surface area contributed by atoms with Crippen LogP contribution in [0.4, 0.5) is 0 Å². The van der Waals surface area contributed by atoms with E-state index >= 15 is 0 Å². The number of nitrogens with zero attached hydrogens (tertiary/aromatic N) is 4. The predicted molar refractivity (Wildman–Crippen MR) is 112 cm³/mol. The zero-order valence-electron chi connectivity index (χ0n) is 17.4. The second-order valence-electron chi connectivity index (χ2n) is 9.20. The van der Waals surface area contributed by atoms with Gasteiger partial charge in [-0.15, -0.1) is 0 Å². The van der Waals surface area contributed by atoms with Crippen LogP contribution in [0.1, 0.15) is 51.0 Å². The highest BCUT2D eigenvalue weighted by molar-refractivity contribution is 5.79. The second kappa shape index (κ2) is 9.36. The quantitative estimate of drug-likeness (QED) is 0.800. The lowest BCUT2D eigenvalue weighted by molar-refractivity contribution is -0.139. The lowest BCUT2D eigenvalue weighted by Crippen LogP contribution is -2.51. The van der Waals surface area contributed by atoms with Gasteiger partial charge in [-0.3, -0.25) is 19.6 Å². The summed E-state index contributed by atoms with van der Waals surface area (Å²) in [7, 11) is 0. The molecule has 5 heteroatoms. The molecule has 0 unspecified atom stereocenters. The maximum Gasteiger partial charge on any atom is 0.226 e. The molecule has 4 rings (SSSR count). The summed E-state index contributed by atoms with van der Waals surface area (Å²) in [5.74, 6) is 1.45. The Morgan fingerprint density at radius 2 is 1.71 bits per heavy atom. The number of hydrogen-bond donors (Lipinski definition) is 0. The normalized spacial score (nSPS) is 26.5. The van der Waals surface area contributed by atoms with Crippen LogP contribution in [0, 0.1) is 11.8 Å². The number of piperidine rings is 3. The summed E-state index contributed by atoms with van der Waals surface area (Å²) < 4.78 is 0. The molecular formula is C23H36N4O. The standard InChI is InChI=1S/C23H36N4O/c1-19-6-15-26(16-7-19)23(28)21-3-2-12-27(18-21)22-8-13-25(14-9-22)17-20-4-10-24-11-5-20/h4-5,10-11,19,21-22H,2-3,6-9,12-18H2,1H3/t21-/m0/s1. The van der Waals surface area contributed by atoms with Gasteiger partial charge in [0, 0.05) is 44.6 Å². The van der Waals surface area contributed by atoms with Crippen LogP contribution in [0.15, 0.2) is 24.5 Å². The van der Waals surface area contributed by atoms with E-state index in [1.807, 2.05) is 12.4 Å². The number of amides is 1. The molecule has 3 saturated heterocycles. The molecule has 0 aromatic carbocycles. The molecule has 3 fully saturated rings. The predicted octanol–water partition coefficient (Wildman–Crippen LogP) is 3.02. The fraction of sp³-hybridized carbons (Fsp3) is 0.739. The third-order valence-electron chi connectivity index (χ3n) is 7.13. The van der Waals surface area contributed by atoms with Crippen molar-refractivity contribution in [1.82, 2.24) is 19.7 Å². The molecule has 0 N–H and O–H groups in total. The molecule has 1 amide bonds. The van der Waals surface area contributed by atoms with Crippen molar-refractivity contribution in [3.05, 3.63) is 30.1 Å². The third-order valence-corrected chi connectivity index (χ3v) is 7.13. The summed E-state index contributed by atoms with van der Waals surface area (Å²) in [6.07, 6.45) is 10.8. The topological polar surface area (TPSA) is 39.7 Å². The summed E-state index contributed by atoms with van der Waals surface area (Å²) in [5, 5.41) is 0. The van der Waals surface area contributed by atoms with Crippen LogP contribution >= 0.6 is 0 Å². The number of aromatic nitrogens is 1. The van der Waals surface area contributed by atoms with Crippen molar-refractivity contribution < 1.29 is 4.79 Å². The smallest absolute Gasteiger partial charge is 0.226 e. The van der Waals surface area contributed by atoms with Gasteiger partial charge in [0.25, 0.3) is 0 Å². The molecule has 154 valence electrons. The van der Waals surface area contributed by atoms with Crippen molar-refractivity contribution in [3.63, 3.8) is 0 Å². The van der Waals surface area contributed by atoms with Crippen LogP contribution in [-0.4, -0.2) is 70.9 Å². The zero-order valence-corrected chi connectivity index (χ0v) is 17.4. The minimum Gasteiger partial charge on any atom is -0.342 e. The van der Waals surface area contributed by atoms with Gasteiger partial charge in [-0.05, 0) is 81.8 Å². The molecule has 5 nitrogen and oxygen atoms in total. The molecule has 0 saturated carbocycles. The number of pyridine rings is 1. The molecule has 28 heavy (non-hydrogen) atoms. The highest BCUT2D eigenvalue weighted by Crippen LogP contribution is 2.27. The van der Waals surface area contributed by atoms with Crippen LogP contribution in [0.5, 0.6) is 0 Å². The van der Waals surface area contributed by atoms with Gasteiger partial charge < -0.3 is 4.90 Å². The van der Waals surface area contributed by atoms with E-state index in [2.05, 4.69) is 38.7 Å². The van der Waals surface area contributed by atoms with Gasteiger partial charge in [-0.1, -0.05) is 6.92 Å². The fourth-order valence-corrected chi connectivity index (χ4v) is 5.22. The van der Waals surface area contributed by atoms with Gasteiger partial charge in [-0.2, -0.15) is 0 Å². The molecule has 0 spiro atoms. The van der Waals surface area contributed by atoms with E-state index in [9.17, 15) is 4.79 Å². The Balaban J connectivity index is 1.25. The molecule has 3 aliphatic rings. The summed E-state index contributed by atoms with van der Waals surface area (Å²) in [6, 6.07) is 4.90. The van der Waals surface area contributed by atoms with Crippen molar-refractivity contribution in [1.29, 1.82) is 0 Å². The van der Waals surface area contributed by atoms with Gasteiger partial charge >= 0.3 is 0 Å². The van der Waals surface area contributed by atoms with Crippen LogP contribution in [0.2, 0.25) is 0 Å². The average molecular weight is 385 g/mol. The maximum absolute atomic E-state index is 13.0. The number of carbonyl (C=O) groups is 1. The van der Waals surface area contributed by atoms with Gasteiger partial charge in [0.05, 0.1) is 5.92 Å². The first-order valence-electron chi connectivity index (χ1n) is 11.3. The van der Waals surface area contributed by atoms with E-state index in [1.165, 1.54) is 44.2 Å². The summed E-state index contributed by atoms with van der Waals surface area (Å²) >= 11 is 0. The Hall–Kier alpha value is -1.46. The highest BCUT2D eigenvalue weighted by atomic mass is 16.2. The Labute approximate surface area is 170 Å². The molecular weight excluding hydrogens is 348 g/mol. The molecule has 0 radical (unpaired) electrons. The van der Waals surface area contributed by atoms with Crippen LogP contribution in [0.3, 0.4) is 0 Å². The van der Waals surface area contributed by atoms with E-state index in [-0.39, 0.29) is 5.92 Å². The third kappa shape index (κ3) is 4.93. The van der Waals surface area contributed by atoms with E-state index in [4.69, 9.17) is 0 Å². The fourth-order valence-electron chi connectivity index (χ4n) is 5.22. The highest BCUT2D eigenvalue weighted by Gasteiger charge is 2.34. The van der Waals surface area contributed by atoms with E-state index < -0.39 is 0 Å². The van der Waals surface area contributed by atoms with Crippen molar-refractivity contribution in [2.75, 3.05) is 39.3 Å². The van der Waals surface area contributed by atoms with Gasteiger partial charge in [0.15, 0.2) is 0 Å². The molecule has 1 aromatic heterocycles. The first kappa shape index (κ1) is 19.8. The average Bonchev–Trinajstić information content (AvgIpc) is 2.75. The van der Waals surface area contributed by atoms with E-state index in [0.717, 1.165) is 51.6 Å². The molecule has 3 aliphatic heterocycles. The Kier molecular flexibility index (Phi) is 6.63. The SMILES string of the molecule is CC1CCN(C(=O)[C@H]2CCCN(C3CCN(Cc4ccncc4)CC3)C2)CC1. The Bertz CT molecular complexity index is 621. The largest absolute Gasteiger partial charge is 0.342 e. The molecule has 1 atom stereocenters. The van der Waals surface area contributed by atoms with E-state index in [1.54, 1.807) is 0 Å². The monoisotopic (exact) mass is 384 g/mol. The molecule has 1 aromatic rings. The van der Waals surface area contributed by atoms with Crippen molar-refractivity contribution in [2.45, 2.75) is 58.0 Å². The first-order valence-corrected chi connectivity index (χ1v) is 11.3. The molecule has 0 bridgehead atoms. The molecule has 0 aliphatic carbocycles. The Morgan fingerprint density at radius 1 is 1.00 bits per heavy atom. The van der Waals surface area contributed by atoms with Gasteiger partial charge in [-0.25, -0.2) is 0 Å². The van der Waals surface area contributed by atoms with Gasteiger partial charge in [0.1, 0.15) is 0 Å². The minimum atomic E-state index is 0.233. The number of hydrogen-bond acceptors (Lipinski definition) is 4. The lowest BCUT2D eigenvalue weighted by Gasteiger charge is -2.43. The maximum atomic E-state index is 13.0. The van der Waals surface area contributed by atoms with Crippen LogP contribution in [0.25, 0.3) is 0 Å². The van der Waals surface area contributed by atoms with Crippen LogP contribution < -0.4 is 0 Å². The zero-order chi connectivity index (χ0) is 19.3. The summed E-state index contributed by atoms with van der Waals surface area (Å²) in [4.78, 5) is 24.5. The second-order valence-corrected chi connectivity index (χ2v) is 9.20. The first-order chi connectivity index (χ1) is 13.7. The summed E-state index contributed by atoms with van der Waals surface area (Å²) in [5.41, 5.74) is 1.35. The lowest BCUT2D eigenvalue weighted by atomic mass is 9.91. The minimum absolute atomic E-state index is 0.233. The van der Waals surface area contributed by atoms with Crippen molar-refractivity contribution in [3.8, 4) is 0 Å².